The van der Waals surface area contributed by atoms with Crippen LogP contribution in [-0.4, -0.2) is 272 Å². The maximum absolute atomic E-state index is 14.4. The van der Waals surface area contributed by atoms with Gasteiger partial charge in [0.15, 0.2) is 42.2 Å². The number of nitriles is 3. The molecular weight excluding hydrogens is 1540 g/mol. The summed E-state index contributed by atoms with van der Waals surface area (Å²) in [5, 5.41) is 75.0. The molecule has 20 nitrogen and oxygen atoms in total. The molecule has 630 valence electrons. The van der Waals surface area contributed by atoms with Gasteiger partial charge in [0.2, 0.25) is 0 Å². The maximum Gasteiger partial charge on any atom is 0.418 e. The smallest absolute Gasteiger partial charge is 0.383 e. The number of piperazine rings is 5. The van der Waals surface area contributed by atoms with Crippen LogP contribution in [0.25, 0.3) is 0 Å². The normalized spacial score (nSPS) is 18.0. The molecule has 5 fully saturated rings. The third-order valence-corrected chi connectivity index (χ3v) is 19.8. The number of nitrogens with zero attached hydrogens (tertiary/aromatic N) is 13. The van der Waals surface area contributed by atoms with Gasteiger partial charge in [-0.3, -0.25) is 19.6 Å². The van der Waals surface area contributed by atoms with Crippen LogP contribution in [0.3, 0.4) is 0 Å². The Kier molecular flexibility index (Phi) is 36.1. The molecule has 0 radical (unpaired) electrons. The van der Waals surface area contributed by atoms with Crippen molar-refractivity contribution in [2.75, 3.05) is 216 Å². The minimum Gasteiger partial charge on any atom is -0.383 e. The van der Waals surface area contributed by atoms with Gasteiger partial charge < -0.3 is 64.4 Å². The molecule has 0 aliphatic carbocycles. The van der Waals surface area contributed by atoms with Crippen molar-refractivity contribution in [1.82, 2.24) is 24.5 Å². The topological polar surface area (TPSA) is 223 Å². The molecule has 0 saturated carbocycles. The van der Waals surface area contributed by atoms with Crippen molar-refractivity contribution in [1.29, 1.82) is 15.8 Å². The molecular formula is C77H96F17N13O7. The number of halogens is 17. The molecule has 5 saturated heterocycles. The highest BCUT2D eigenvalue weighted by atomic mass is 19.4. The van der Waals surface area contributed by atoms with Gasteiger partial charge in [-0.25, -0.2) is 8.78 Å². The lowest BCUT2D eigenvalue weighted by Crippen LogP contribution is -2.47. The minimum absolute atomic E-state index is 0.0946. The molecule has 10 rings (SSSR count). The molecule has 5 N–H and O–H groups in total. The molecule has 114 heavy (non-hydrogen) atoms. The van der Waals surface area contributed by atoms with E-state index in [1.807, 2.05) is 32.9 Å². The number of anilines is 5. The largest absolute Gasteiger partial charge is 0.418 e. The Morgan fingerprint density at radius 1 is 0.360 bits per heavy atom. The first kappa shape index (κ1) is 94.5. The Bertz CT molecular complexity index is 3930. The van der Waals surface area contributed by atoms with E-state index in [-0.39, 0.29) is 39.2 Å². The minimum atomic E-state index is -4.89. The zero-order chi connectivity index (χ0) is 84.5. The van der Waals surface area contributed by atoms with Gasteiger partial charge in [0.05, 0.1) is 58.3 Å². The third kappa shape index (κ3) is 26.3. The zero-order valence-corrected chi connectivity index (χ0v) is 63.4. The van der Waals surface area contributed by atoms with Gasteiger partial charge in [0, 0.05) is 193 Å². The average molecular weight is 1640 g/mol. The summed E-state index contributed by atoms with van der Waals surface area (Å²) in [6.07, 6.45) is -34.9. The number of rotatable bonds is 21. The second-order valence-electron chi connectivity index (χ2n) is 27.1. The number of hydrogen-bond donors (Lipinski definition) is 5. The van der Waals surface area contributed by atoms with Gasteiger partial charge in [-0.05, 0) is 49.8 Å². The van der Waals surface area contributed by atoms with E-state index in [1.54, 1.807) is 48.3 Å². The molecule has 5 atom stereocenters. The number of hydrogen-bond acceptors (Lipinski definition) is 20. The molecule has 0 bridgehead atoms. The van der Waals surface area contributed by atoms with Crippen LogP contribution in [-0.2, 0) is 9.47 Å². The van der Waals surface area contributed by atoms with Crippen molar-refractivity contribution in [3.8, 4) is 18.2 Å². The molecule has 5 aromatic rings. The predicted molar refractivity (Wildman–Crippen MR) is 395 cm³/mol. The van der Waals surface area contributed by atoms with Crippen molar-refractivity contribution in [3.05, 3.63) is 160 Å². The summed E-state index contributed by atoms with van der Waals surface area (Å²) < 4.78 is 229. The number of likely N-dealkylation sites (N-methyl/N-ethyl adjacent to an activating group) is 1. The Morgan fingerprint density at radius 3 is 0.825 bits per heavy atom. The van der Waals surface area contributed by atoms with Gasteiger partial charge in [0.25, 0.3) is 0 Å². The Labute approximate surface area is 651 Å². The van der Waals surface area contributed by atoms with E-state index >= 15 is 0 Å². The van der Waals surface area contributed by atoms with Gasteiger partial charge in [-0.2, -0.15) is 81.6 Å². The van der Waals surface area contributed by atoms with E-state index in [2.05, 4.69) is 44.9 Å². The lowest BCUT2D eigenvalue weighted by molar-refractivity contribution is -0.207. The lowest BCUT2D eigenvalue weighted by Gasteiger charge is -2.36. The first-order valence-corrected chi connectivity index (χ1v) is 36.7. The second kappa shape index (κ2) is 43.6. The molecule has 5 unspecified atom stereocenters. The van der Waals surface area contributed by atoms with Crippen LogP contribution in [0.15, 0.2) is 104 Å². The lowest BCUT2D eigenvalue weighted by atomic mass is 10.00. The van der Waals surface area contributed by atoms with E-state index < -0.39 is 89.7 Å². The number of alkyl halides is 15. The molecule has 0 spiro atoms. The van der Waals surface area contributed by atoms with Crippen molar-refractivity contribution in [3.63, 3.8) is 0 Å². The highest BCUT2D eigenvalue weighted by molar-refractivity contribution is 5.66. The second-order valence-corrected chi connectivity index (χ2v) is 27.1. The molecule has 37 heteroatoms. The summed E-state index contributed by atoms with van der Waals surface area (Å²) in [5.74, 6) is -2.02. The Morgan fingerprint density at radius 2 is 0.588 bits per heavy atom. The standard InChI is InChI=1S/C16H20F3N3O2.C16H20F3N3O.C15H20F4N2O2.C15H18F4N2O.C15H18F3N3O/c1-24-10-9-21-5-7-22(8-6-21)14-4-2-3-12(13(14)11-20)15(23)16(17,18)19;1-2-6-21-7-9-22(10-8-21)14-5-3-4-12(13(14)11-20)15(23)16(17,18)19;1-23-10-9-20-5-7-21(8-6-20)12-4-2-3-11(13(12)16)14(22)15(17,18)19;1-2-6-20-7-9-21(10-8-20)12-5-3-4-11(13(12)16)14(22)15(17,18)19;1-2-20-6-8-21(9-7-20)13-5-3-4-11(12(13)10-19)14(22)15(16,17)18/h2-4,15,23H,5-10H2,1H3;3-5,15,23H,2,6-10H2,1H3;2-4,14,22H,5-10H2,1H3;2-5,14,22H,1,6-10H2;3-5,14,22H,2,6-9H2,1H3. The van der Waals surface area contributed by atoms with Crippen molar-refractivity contribution >= 4 is 28.4 Å². The van der Waals surface area contributed by atoms with Gasteiger partial charge in [-0.15, -0.1) is 6.58 Å². The average Bonchev–Trinajstić information content (AvgIpc) is 0.817. The summed E-state index contributed by atoms with van der Waals surface area (Å²) >= 11 is 0. The molecule has 5 heterocycles. The monoisotopic (exact) mass is 1640 g/mol. The van der Waals surface area contributed by atoms with E-state index in [9.17, 15) is 116 Å². The molecule has 5 aromatic carbocycles. The molecule has 0 amide bonds. The third-order valence-electron chi connectivity index (χ3n) is 19.8. The first-order chi connectivity index (χ1) is 53.8. The van der Waals surface area contributed by atoms with Gasteiger partial charge >= 0.3 is 30.9 Å². The SMILES string of the molecule is C=CCN1CCN(c2cccc(C(O)C(F)(F)F)c2F)CC1.CCCN1CCN(c2cccc(C(O)C(F)(F)F)c2C#N)CC1.CCN1CCN(c2cccc(C(O)C(F)(F)F)c2C#N)CC1.COCCN1CCN(c2cccc(C(O)C(F)(F)F)c2C#N)CC1.COCCN1CCN(c2cccc(C(O)C(F)(F)F)c2F)CC1. The van der Waals surface area contributed by atoms with Gasteiger partial charge in [-0.1, -0.05) is 80.6 Å². The van der Waals surface area contributed by atoms with Crippen LogP contribution in [0.2, 0.25) is 0 Å². The Balaban J connectivity index is 0.000000222. The number of methoxy groups -OCH3 is 2. The quantitative estimate of drug-likeness (QED) is 0.0340. The molecule has 5 aliphatic heterocycles. The summed E-state index contributed by atoms with van der Waals surface area (Å²) in [7, 11) is 3.25. The van der Waals surface area contributed by atoms with E-state index in [0.717, 1.165) is 109 Å². The van der Waals surface area contributed by atoms with Crippen LogP contribution in [0.4, 0.5) is 103 Å². The number of benzene rings is 5. The fraction of sp³-hybridized carbons (Fsp3) is 0.545. The first-order valence-electron chi connectivity index (χ1n) is 36.7. The van der Waals surface area contributed by atoms with E-state index in [1.165, 1.54) is 42.5 Å². The van der Waals surface area contributed by atoms with Crippen LogP contribution in [0.1, 0.15) is 95.3 Å². The fourth-order valence-corrected chi connectivity index (χ4v) is 13.4. The highest BCUT2D eigenvalue weighted by Crippen LogP contribution is 2.43. The van der Waals surface area contributed by atoms with Crippen LogP contribution >= 0.6 is 0 Å². The summed E-state index contributed by atoms with van der Waals surface area (Å²) in [6, 6.07) is 25.7. The predicted octanol–water partition coefficient (Wildman–Crippen LogP) is 11.8. The Hall–Kier alpha value is -8.36. The van der Waals surface area contributed by atoms with Gasteiger partial charge in [0.1, 0.15) is 18.2 Å². The fourth-order valence-electron chi connectivity index (χ4n) is 13.4. The van der Waals surface area contributed by atoms with Crippen molar-refractivity contribution in [2.24, 2.45) is 0 Å². The summed E-state index contributed by atoms with van der Waals surface area (Å²) in [5.41, 5.74) is -1.41. The molecule has 5 aliphatic rings. The van der Waals surface area contributed by atoms with E-state index in [4.69, 9.17) is 9.47 Å². The maximum atomic E-state index is 14.4. The van der Waals surface area contributed by atoms with E-state index in [0.29, 0.717) is 122 Å². The highest BCUT2D eigenvalue weighted by Gasteiger charge is 2.46. The number of ether oxygens (including phenoxy) is 2. The van der Waals surface area contributed by atoms with Crippen molar-refractivity contribution in [2.45, 2.75) is 81.7 Å². The number of aliphatic hydroxyl groups is 5. The van der Waals surface area contributed by atoms with Crippen LogP contribution in [0, 0.1) is 45.6 Å². The number of aliphatic hydroxyl groups excluding tert-OH is 5. The van der Waals surface area contributed by atoms with Crippen molar-refractivity contribution < 1.29 is 110 Å². The van der Waals surface area contributed by atoms with Crippen LogP contribution in [0.5, 0.6) is 0 Å². The zero-order valence-electron chi connectivity index (χ0n) is 63.4. The van der Waals surface area contributed by atoms with Crippen LogP contribution < -0.4 is 24.5 Å². The summed E-state index contributed by atoms with van der Waals surface area (Å²) in [4.78, 5) is 20.1. The summed E-state index contributed by atoms with van der Waals surface area (Å²) in [6.45, 7) is 26.5. The molecule has 0 aromatic heterocycles.